The molecule has 2 aromatic carbocycles. The van der Waals surface area contributed by atoms with Crippen molar-refractivity contribution < 1.29 is 17.6 Å². The van der Waals surface area contributed by atoms with E-state index >= 15 is 0 Å². The lowest BCUT2D eigenvalue weighted by Gasteiger charge is -2.34. The number of piperazine rings is 1. The lowest BCUT2D eigenvalue weighted by atomic mass is 10.1. The second-order valence-electron chi connectivity index (χ2n) is 6.82. The van der Waals surface area contributed by atoms with Gasteiger partial charge in [-0.2, -0.15) is 4.31 Å². The Labute approximate surface area is 159 Å². The van der Waals surface area contributed by atoms with E-state index in [2.05, 4.69) is 0 Å². The summed E-state index contributed by atoms with van der Waals surface area (Å²) in [5.74, 6) is -0.592. The predicted octanol–water partition coefficient (Wildman–Crippen LogP) is 2.52. The summed E-state index contributed by atoms with van der Waals surface area (Å²) < 4.78 is 41.0. The smallest absolute Gasteiger partial charge is 0.243 e. The van der Waals surface area contributed by atoms with Crippen molar-refractivity contribution in [1.82, 2.24) is 9.21 Å². The lowest BCUT2D eigenvalue weighted by Crippen LogP contribution is -2.51. The molecule has 1 fully saturated rings. The van der Waals surface area contributed by atoms with Gasteiger partial charge in [-0.1, -0.05) is 30.3 Å². The molecule has 0 N–H and O–H groups in total. The second kappa shape index (κ2) is 7.78. The highest BCUT2D eigenvalue weighted by atomic mass is 32.2. The van der Waals surface area contributed by atoms with Crippen LogP contribution in [0.4, 0.5) is 4.39 Å². The van der Waals surface area contributed by atoms with E-state index in [1.165, 1.54) is 10.4 Å². The van der Waals surface area contributed by atoms with Gasteiger partial charge in [0.25, 0.3) is 0 Å². The van der Waals surface area contributed by atoms with Gasteiger partial charge in [-0.15, -0.1) is 0 Å². The van der Waals surface area contributed by atoms with Crippen LogP contribution in [-0.2, 0) is 21.2 Å². The molecule has 1 aliphatic rings. The molecular weight excluding hydrogens is 367 g/mol. The van der Waals surface area contributed by atoms with Gasteiger partial charge in [-0.25, -0.2) is 12.8 Å². The SMILES string of the molecule is Cc1ccc(C)c(S(=O)(=O)N2CCN(C(=O)Cc3ccccc3F)CC2)c1. The Balaban J connectivity index is 1.67. The summed E-state index contributed by atoms with van der Waals surface area (Å²) in [7, 11) is -3.59. The first-order chi connectivity index (χ1) is 12.8. The Morgan fingerprint density at radius 1 is 1.04 bits per heavy atom. The maximum atomic E-state index is 13.7. The van der Waals surface area contributed by atoms with Gasteiger partial charge < -0.3 is 4.90 Å². The van der Waals surface area contributed by atoms with Crippen molar-refractivity contribution >= 4 is 15.9 Å². The number of halogens is 1. The topological polar surface area (TPSA) is 57.7 Å². The van der Waals surface area contributed by atoms with Crippen LogP contribution in [0, 0.1) is 19.7 Å². The molecule has 0 bridgehead atoms. The molecule has 1 aliphatic heterocycles. The minimum Gasteiger partial charge on any atom is -0.340 e. The molecule has 1 amide bonds. The molecule has 0 radical (unpaired) electrons. The summed E-state index contributed by atoms with van der Waals surface area (Å²) in [4.78, 5) is 14.3. The standard InChI is InChI=1S/C20H23FN2O3S/c1-15-7-8-16(2)19(13-15)27(25,26)23-11-9-22(10-12-23)20(24)14-17-5-3-4-6-18(17)21/h3-8,13H,9-12,14H2,1-2H3. The van der Waals surface area contributed by atoms with Crippen LogP contribution in [0.25, 0.3) is 0 Å². The Bertz CT molecular complexity index is 951. The molecule has 0 spiro atoms. The third-order valence-electron chi connectivity index (χ3n) is 4.85. The van der Waals surface area contributed by atoms with Crippen molar-refractivity contribution in [2.24, 2.45) is 0 Å². The zero-order valence-corrected chi connectivity index (χ0v) is 16.3. The molecule has 3 rings (SSSR count). The van der Waals surface area contributed by atoms with Crippen LogP contribution in [0.1, 0.15) is 16.7 Å². The molecule has 2 aromatic rings. The molecule has 5 nitrogen and oxygen atoms in total. The van der Waals surface area contributed by atoms with Crippen molar-refractivity contribution in [2.75, 3.05) is 26.2 Å². The summed E-state index contributed by atoms with van der Waals surface area (Å²) in [6, 6.07) is 11.6. The number of sulfonamides is 1. The van der Waals surface area contributed by atoms with Gasteiger partial charge in [-0.3, -0.25) is 4.79 Å². The minimum atomic E-state index is -3.59. The van der Waals surface area contributed by atoms with E-state index in [-0.39, 0.29) is 25.4 Å². The Morgan fingerprint density at radius 3 is 2.37 bits per heavy atom. The Hall–Kier alpha value is -2.25. The molecule has 0 saturated carbocycles. The number of aryl methyl sites for hydroxylation is 2. The number of carbonyl (C=O) groups excluding carboxylic acids is 1. The average molecular weight is 390 g/mol. The number of hydrogen-bond donors (Lipinski definition) is 0. The Morgan fingerprint density at radius 2 is 1.70 bits per heavy atom. The fourth-order valence-corrected chi connectivity index (χ4v) is 4.95. The quantitative estimate of drug-likeness (QED) is 0.806. The van der Waals surface area contributed by atoms with Crippen molar-refractivity contribution in [2.45, 2.75) is 25.2 Å². The van der Waals surface area contributed by atoms with Gasteiger partial charge in [0.1, 0.15) is 5.82 Å². The van der Waals surface area contributed by atoms with E-state index in [1.807, 2.05) is 13.0 Å². The fourth-order valence-electron chi connectivity index (χ4n) is 3.22. The van der Waals surface area contributed by atoms with Gasteiger partial charge >= 0.3 is 0 Å². The Kier molecular flexibility index (Phi) is 5.62. The van der Waals surface area contributed by atoms with E-state index in [4.69, 9.17) is 0 Å². The van der Waals surface area contributed by atoms with Crippen molar-refractivity contribution in [1.29, 1.82) is 0 Å². The molecule has 1 heterocycles. The van der Waals surface area contributed by atoms with Gasteiger partial charge in [0.2, 0.25) is 15.9 Å². The predicted molar refractivity (Wildman–Crippen MR) is 101 cm³/mol. The largest absolute Gasteiger partial charge is 0.340 e. The number of nitrogens with zero attached hydrogens (tertiary/aromatic N) is 2. The molecule has 27 heavy (non-hydrogen) atoms. The molecule has 0 aliphatic carbocycles. The van der Waals surface area contributed by atoms with E-state index in [0.717, 1.165) is 5.56 Å². The summed E-state index contributed by atoms with van der Waals surface area (Å²) >= 11 is 0. The highest BCUT2D eigenvalue weighted by molar-refractivity contribution is 7.89. The molecule has 0 atom stereocenters. The van der Waals surface area contributed by atoms with E-state index in [0.29, 0.717) is 29.1 Å². The fraction of sp³-hybridized carbons (Fsp3) is 0.350. The zero-order valence-electron chi connectivity index (χ0n) is 15.5. The van der Waals surface area contributed by atoms with Gasteiger partial charge in [-0.05, 0) is 42.7 Å². The van der Waals surface area contributed by atoms with Gasteiger partial charge in [0, 0.05) is 26.2 Å². The average Bonchev–Trinajstić information content (AvgIpc) is 2.65. The first-order valence-electron chi connectivity index (χ1n) is 8.87. The van der Waals surface area contributed by atoms with Crippen LogP contribution in [0.15, 0.2) is 47.4 Å². The molecular formula is C20H23FN2O3S. The van der Waals surface area contributed by atoms with Crippen molar-refractivity contribution in [3.8, 4) is 0 Å². The van der Waals surface area contributed by atoms with Crippen LogP contribution in [0.2, 0.25) is 0 Å². The van der Waals surface area contributed by atoms with Crippen LogP contribution in [0.5, 0.6) is 0 Å². The van der Waals surface area contributed by atoms with Crippen LogP contribution < -0.4 is 0 Å². The summed E-state index contributed by atoms with van der Waals surface area (Å²) in [6.07, 6.45) is -0.0174. The monoisotopic (exact) mass is 390 g/mol. The first kappa shape index (κ1) is 19.5. The van der Waals surface area contributed by atoms with E-state index in [9.17, 15) is 17.6 Å². The zero-order chi connectivity index (χ0) is 19.6. The molecule has 0 aromatic heterocycles. The summed E-state index contributed by atoms with van der Waals surface area (Å²) in [5, 5.41) is 0. The third-order valence-corrected chi connectivity index (χ3v) is 6.89. The second-order valence-corrected chi connectivity index (χ2v) is 8.73. The first-order valence-corrected chi connectivity index (χ1v) is 10.3. The maximum absolute atomic E-state index is 13.7. The maximum Gasteiger partial charge on any atom is 0.243 e. The normalized spacial score (nSPS) is 15.7. The van der Waals surface area contributed by atoms with Crippen LogP contribution >= 0.6 is 0 Å². The number of amides is 1. The number of rotatable bonds is 4. The molecule has 0 unspecified atom stereocenters. The van der Waals surface area contributed by atoms with E-state index < -0.39 is 15.8 Å². The van der Waals surface area contributed by atoms with Crippen molar-refractivity contribution in [3.05, 3.63) is 65.0 Å². The summed E-state index contributed by atoms with van der Waals surface area (Å²) in [6.45, 7) is 4.71. The highest BCUT2D eigenvalue weighted by Gasteiger charge is 2.31. The van der Waals surface area contributed by atoms with Gasteiger partial charge in [0.05, 0.1) is 11.3 Å². The van der Waals surface area contributed by atoms with Gasteiger partial charge in [0.15, 0.2) is 0 Å². The number of hydrogen-bond acceptors (Lipinski definition) is 3. The van der Waals surface area contributed by atoms with Crippen LogP contribution in [0.3, 0.4) is 0 Å². The number of carbonyl (C=O) groups is 1. The van der Waals surface area contributed by atoms with E-state index in [1.54, 1.807) is 42.2 Å². The summed E-state index contributed by atoms with van der Waals surface area (Å²) in [5.41, 5.74) is 1.95. The molecule has 7 heteroatoms. The third kappa shape index (κ3) is 4.20. The number of benzene rings is 2. The van der Waals surface area contributed by atoms with Crippen molar-refractivity contribution in [3.63, 3.8) is 0 Å². The highest BCUT2D eigenvalue weighted by Crippen LogP contribution is 2.22. The lowest BCUT2D eigenvalue weighted by molar-refractivity contribution is -0.131. The van der Waals surface area contributed by atoms with Crippen LogP contribution in [-0.4, -0.2) is 49.7 Å². The molecule has 144 valence electrons. The molecule has 1 saturated heterocycles. The minimum absolute atomic E-state index is 0.0174.